The Labute approximate surface area is 162 Å². The fraction of sp³-hybridized carbons (Fsp3) is 0.526. The molecule has 4 rings (SSSR count). The van der Waals surface area contributed by atoms with Crippen LogP contribution in [-0.2, 0) is 11.3 Å². The second-order valence-electron chi connectivity index (χ2n) is 7.18. The van der Waals surface area contributed by atoms with Gasteiger partial charge in [-0.25, -0.2) is 4.98 Å². The van der Waals surface area contributed by atoms with Crippen LogP contribution in [-0.4, -0.2) is 39.6 Å². The zero-order valence-electron chi connectivity index (χ0n) is 15.5. The van der Waals surface area contributed by atoms with Crippen LogP contribution in [0.4, 0.5) is 0 Å². The van der Waals surface area contributed by atoms with Crippen molar-refractivity contribution < 1.29 is 18.8 Å². The zero-order chi connectivity index (χ0) is 19.3. The smallest absolute Gasteiger partial charge is 0.253 e. The van der Waals surface area contributed by atoms with Crippen LogP contribution < -0.4 is 15.4 Å². The summed E-state index contributed by atoms with van der Waals surface area (Å²) >= 11 is 0. The van der Waals surface area contributed by atoms with E-state index in [1.165, 1.54) is 19.0 Å². The van der Waals surface area contributed by atoms with E-state index in [0.717, 1.165) is 19.3 Å². The molecule has 0 radical (unpaired) electrons. The van der Waals surface area contributed by atoms with Gasteiger partial charge in [0, 0.05) is 31.1 Å². The van der Waals surface area contributed by atoms with E-state index in [2.05, 4.69) is 25.8 Å². The number of ether oxygens (including phenoxy) is 1. The number of aromatic nitrogens is 3. The van der Waals surface area contributed by atoms with Gasteiger partial charge < -0.3 is 19.9 Å². The Morgan fingerprint density at radius 2 is 2.14 bits per heavy atom. The molecule has 3 heterocycles. The van der Waals surface area contributed by atoms with E-state index in [1.807, 2.05) is 0 Å². The SMILES string of the molecule is O=C1CC(c2noc(CNC(=O)c3ccc(OC4CCCC4)nc3)n2)CCN1. The summed E-state index contributed by atoms with van der Waals surface area (Å²) in [7, 11) is 0. The molecule has 9 nitrogen and oxygen atoms in total. The van der Waals surface area contributed by atoms with Crippen LogP contribution in [0.25, 0.3) is 0 Å². The fourth-order valence-corrected chi connectivity index (χ4v) is 3.53. The van der Waals surface area contributed by atoms with E-state index in [-0.39, 0.29) is 30.4 Å². The van der Waals surface area contributed by atoms with Crippen molar-refractivity contribution in [2.75, 3.05) is 6.54 Å². The highest BCUT2D eigenvalue weighted by Gasteiger charge is 2.25. The minimum absolute atomic E-state index is 0.0104. The molecule has 28 heavy (non-hydrogen) atoms. The maximum Gasteiger partial charge on any atom is 0.253 e. The van der Waals surface area contributed by atoms with Crippen LogP contribution >= 0.6 is 0 Å². The number of hydrogen-bond donors (Lipinski definition) is 2. The highest BCUT2D eigenvalue weighted by Crippen LogP contribution is 2.24. The Kier molecular flexibility index (Phi) is 5.50. The summed E-state index contributed by atoms with van der Waals surface area (Å²) in [5.74, 6) is 1.03. The Hall–Kier alpha value is -2.97. The number of piperidine rings is 1. The van der Waals surface area contributed by atoms with Gasteiger partial charge in [0.15, 0.2) is 5.82 Å². The Morgan fingerprint density at radius 3 is 2.89 bits per heavy atom. The molecule has 2 aromatic rings. The van der Waals surface area contributed by atoms with Gasteiger partial charge in [0.25, 0.3) is 5.91 Å². The number of amides is 2. The van der Waals surface area contributed by atoms with Crippen LogP contribution in [0.3, 0.4) is 0 Å². The van der Waals surface area contributed by atoms with Gasteiger partial charge in [-0.3, -0.25) is 9.59 Å². The van der Waals surface area contributed by atoms with E-state index in [1.54, 1.807) is 12.1 Å². The molecule has 1 atom stereocenters. The third-order valence-corrected chi connectivity index (χ3v) is 5.08. The average Bonchev–Trinajstić information content (AvgIpc) is 3.39. The minimum Gasteiger partial charge on any atom is -0.474 e. The molecule has 2 aliphatic rings. The van der Waals surface area contributed by atoms with Crippen molar-refractivity contribution in [2.45, 2.75) is 57.1 Å². The summed E-state index contributed by atoms with van der Waals surface area (Å²) in [5.41, 5.74) is 0.433. The third-order valence-electron chi connectivity index (χ3n) is 5.08. The summed E-state index contributed by atoms with van der Waals surface area (Å²) < 4.78 is 11.0. The quantitative estimate of drug-likeness (QED) is 0.777. The lowest BCUT2D eigenvalue weighted by Gasteiger charge is -2.18. The van der Waals surface area contributed by atoms with E-state index in [4.69, 9.17) is 9.26 Å². The molecule has 2 aromatic heterocycles. The van der Waals surface area contributed by atoms with Crippen LogP contribution in [0, 0.1) is 0 Å². The first-order chi connectivity index (χ1) is 13.7. The summed E-state index contributed by atoms with van der Waals surface area (Å²) in [6.07, 6.45) is 7.36. The van der Waals surface area contributed by atoms with Crippen molar-refractivity contribution in [1.29, 1.82) is 0 Å². The lowest BCUT2D eigenvalue weighted by molar-refractivity contribution is -0.122. The predicted octanol–water partition coefficient (Wildman–Crippen LogP) is 1.71. The van der Waals surface area contributed by atoms with Crippen molar-refractivity contribution in [3.05, 3.63) is 35.6 Å². The van der Waals surface area contributed by atoms with Gasteiger partial charge in [-0.1, -0.05) is 5.16 Å². The van der Waals surface area contributed by atoms with Gasteiger partial charge >= 0.3 is 0 Å². The summed E-state index contributed by atoms with van der Waals surface area (Å²) in [5, 5.41) is 9.45. The molecular weight excluding hydrogens is 362 g/mol. The third kappa shape index (κ3) is 4.47. The van der Waals surface area contributed by atoms with E-state index >= 15 is 0 Å². The molecule has 1 unspecified atom stereocenters. The molecule has 1 aliphatic heterocycles. The molecule has 2 N–H and O–H groups in total. The Morgan fingerprint density at radius 1 is 1.29 bits per heavy atom. The fourth-order valence-electron chi connectivity index (χ4n) is 3.53. The Balaban J connectivity index is 1.28. The van der Waals surface area contributed by atoms with E-state index < -0.39 is 0 Å². The zero-order valence-corrected chi connectivity index (χ0v) is 15.5. The second-order valence-corrected chi connectivity index (χ2v) is 7.18. The van der Waals surface area contributed by atoms with E-state index in [9.17, 15) is 9.59 Å². The summed E-state index contributed by atoms with van der Waals surface area (Å²) in [4.78, 5) is 32.3. The number of rotatable bonds is 6. The van der Waals surface area contributed by atoms with Crippen molar-refractivity contribution >= 4 is 11.8 Å². The number of carbonyl (C=O) groups excluding carboxylic acids is 2. The minimum atomic E-state index is -0.281. The van der Waals surface area contributed by atoms with E-state index in [0.29, 0.717) is 36.1 Å². The first kappa shape index (κ1) is 18.4. The molecule has 148 valence electrons. The number of nitrogens with zero attached hydrogens (tertiary/aromatic N) is 3. The molecule has 9 heteroatoms. The van der Waals surface area contributed by atoms with Crippen LogP contribution in [0.2, 0.25) is 0 Å². The Bertz CT molecular complexity index is 829. The number of carbonyl (C=O) groups is 2. The predicted molar refractivity (Wildman–Crippen MR) is 97.6 cm³/mol. The van der Waals surface area contributed by atoms with Gasteiger partial charge in [0.1, 0.15) is 6.10 Å². The first-order valence-electron chi connectivity index (χ1n) is 9.67. The molecule has 0 spiro atoms. The molecule has 0 bridgehead atoms. The lowest BCUT2D eigenvalue weighted by atomic mass is 9.97. The number of pyridine rings is 1. The average molecular weight is 385 g/mol. The summed E-state index contributed by atoms with van der Waals surface area (Å²) in [6, 6.07) is 3.40. The topological polar surface area (TPSA) is 119 Å². The standard InChI is InChI=1S/C19H23N5O4/c25-15-9-12(7-8-20-15)18-23-17(28-24-18)11-22-19(26)13-5-6-16(21-10-13)27-14-3-1-2-4-14/h5-6,10,12,14H,1-4,7-9,11H2,(H,20,25)(H,22,26). The normalized spacial score (nSPS) is 20.0. The maximum atomic E-state index is 12.3. The molecule has 1 saturated heterocycles. The van der Waals surface area contributed by atoms with Gasteiger partial charge in [-0.05, 0) is 38.2 Å². The van der Waals surface area contributed by atoms with Crippen molar-refractivity contribution in [2.24, 2.45) is 0 Å². The van der Waals surface area contributed by atoms with Gasteiger partial charge in [-0.15, -0.1) is 0 Å². The monoisotopic (exact) mass is 385 g/mol. The van der Waals surface area contributed by atoms with Crippen LogP contribution in [0.5, 0.6) is 5.88 Å². The highest BCUT2D eigenvalue weighted by molar-refractivity contribution is 5.93. The second kappa shape index (κ2) is 8.37. The summed E-state index contributed by atoms with van der Waals surface area (Å²) in [6.45, 7) is 0.725. The van der Waals surface area contributed by atoms with Crippen LogP contribution in [0.15, 0.2) is 22.9 Å². The molecular formula is C19H23N5O4. The first-order valence-corrected chi connectivity index (χ1v) is 9.67. The van der Waals surface area contributed by atoms with Crippen molar-refractivity contribution in [3.8, 4) is 5.88 Å². The van der Waals surface area contributed by atoms with Crippen molar-refractivity contribution in [1.82, 2.24) is 25.8 Å². The van der Waals surface area contributed by atoms with Gasteiger partial charge in [0.05, 0.1) is 12.1 Å². The largest absolute Gasteiger partial charge is 0.474 e. The van der Waals surface area contributed by atoms with Crippen LogP contribution in [0.1, 0.15) is 66.5 Å². The van der Waals surface area contributed by atoms with Crippen molar-refractivity contribution in [3.63, 3.8) is 0 Å². The molecule has 2 fully saturated rings. The molecule has 0 aromatic carbocycles. The molecule has 1 saturated carbocycles. The van der Waals surface area contributed by atoms with Gasteiger partial charge in [0.2, 0.25) is 17.7 Å². The number of hydrogen-bond acceptors (Lipinski definition) is 7. The number of nitrogens with one attached hydrogen (secondary N) is 2. The highest BCUT2D eigenvalue weighted by atomic mass is 16.5. The maximum absolute atomic E-state index is 12.3. The molecule has 2 amide bonds. The van der Waals surface area contributed by atoms with Gasteiger partial charge in [-0.2, -0.15) is 4.98 Å². The molecule has 1 aliphatic carbocycles. The lowest BCUT2D eigenvalue weighted by Crippen LogP contribution is -2.32.